The lowest BCUT2D eigenvalue weighted by molar-refractivity contribution is 0.184. The van der Waals surface area contributed by atoms with Crippen LogP contribution >= 0.6 is 11.8 Å². The number of hydrogen-bond donors (Lipinski definition) is 1. The molecular weight excluding hydrogens is 294 g/mol. The van der Waals surface area contributed by atoms with E-state index in [-0.39, 0.29) is 6.61 Å². The highest BCUT2D eigenvalue weighted by Crippen LogP contribution is 2.28. The highest BCUT2D eigenvalue weighted by molar-refractivity contribution is 7.98. The molecule has 0 aliphatic heterocycles. The van der Waals surface area contributed by atoms with Gasteiger partial charge in [-0.25, -0.2) is 0 Å². The van der Waals surface area contributed by atoms with E-state index < -0.39 is 0 Å². The van der Waals surface area contributed by atoms with Crippen LogP contribution in [0.5, 0.6) is 5.75 Å². The number of nitrogens with zero attached hydrogens (tertiary/aromatic N) is 1. The maximum absolute atomic E-state index is 9.31. The molecule has 0 bridgehead atoms. The third-order valence-electron chi connectivity index (χ3n) is 3.52. The van der Waals surface area contributed by atoms with Crippen molar-refractivity contribution in [3.05, 3.63) is 59.7 Å². The normalized spacial score (nSPS) is 10.9. The van der Waals surface area contributed by atoms with Crippen molar-refractivity contribution in [1.29, 1.82) is 0 Å². The summed E-state index contributed by atoms with van der Waals surface area (Å²) in [6, 6.07) is 16.6. The third kappa shape index (κ3) is 4.77. The zero-order valence-corrected chi connectivity index (χ0v) is 14.0. The van der Waals surface area contributed by atoms with Crippen molar-refractivity contribution in [1.82, 2.24) is 4.90 Å². The van der Waals surface area contributed by atoms with Crippen LogP contribution in [0.2, 0.25) is 0 Å². The van der Waals surface area contributed by atoms with Crippen LogP contribution in [0.4, 0.5) is 0 Å². The van der Waals surface area contributed by atoms with Crippen LogP contribution in [-0.4, -0.2) is 36.5 Å². The first kappa shape index (κ1) is 16.9. The molecule has 4 heteroatoms. The summed E-state index contributed by atoms with van der Waals surface area (Å²) in [7, 11) is 1.70. The van der Waals surface area contributed by atoms with Gasteiger partial charge in [0, 0.05) is 24.5 Å². The topological polar surface area (TPSA) is 32.7 Å². The van der Waals surface area contributed by atoms with Gasteiger partial charge in [-0.2, -0.15) is 0 Å². The number of rotatable bonds is 8. The van der Waals surface area contributed by atoms with Crippen molar-refractivity contribution >= 4 is 11.8 Å². The SMILES string of the molecule is COc1cc(CN(CCO)Cc2ccccc2)ccc1SC. The fourth-order valence-electron chi connectivity index (χ4n) is 2.43. The Kier molecular flexibility index (Phi) is 6.77. The van der Waals surface area contributed by atoms with E-state index in [1.807, 2.05) is 24.5 Å². The van der Waals surface area contributed by atoms with Crippen molar-refractivity contribution in [3.63, 3.8) is 0 Å². The van der Waals surface area contributed by atoms with E-state index >= 15 is 0 Å². The molecule has 0 spiro atoms. The maximum atomic E-state index is 9.31. The van der Waals surface area contributed by atoms with Gasteiger partial charge in [-0.05, 0) is 29.5 Å². The predicted octanol–water partition coefficient (Wildman–Crippen LogP) is 3.41. The number of methoxy groups -OCH3 is 1. The average molecular weight is 317 g/mol. The van der Waals surface area contributed by atoms with Crippen LogP contribution in [0.1, 0.15) is 11.1 Å². The van der Waals surface area contributed by atoms with Crippen molar-refractivity contribution in [2.75, 3.05) is 26.5 Å². The zero-order valence-electron chi connectivity index (χ0n) is 13.2. The van der Waals surface area contributed by atoms with Crippen LogP contribution in [0.3, 0.4) is 0 Å². The molecule has 0 atom stereocenters. The van der Waals surface area contributed by atoms with E-state index in [4.69, 9.17) is 4.74 Å². The first-order chi connectivity index (χ1) is 10.8. The van der Waals surface area contributed by atoms with Crippen LogP contribution in [0.15, 0.2) is 53.4 Å². The maximum Gasteiger partial charge on any atom is 0.132 e. The van der Waals surface area contributed by atoms with E-state index in [1.165, 1.54) is 11.1 Å². The van der Waals surface area contributed by atoms with Gasteiger partial charge in [0.25, 0.3) is 0 Å². The summed E-state index contributed by atoms with van der Waals surface area (Å²) in [5.41, 5.74) is 2.45. The molecule has 118 valence electrons. The number of aliphatic hydroxyl groups excluding tert-OH is 1. The monoisotopic (exact) mass is 317 g/mol. The molecule has 0 aliphatic carbocycles. The van der Waals surface area contributed by atoms with Gasteiger partial charge in [0.2, 0.25) is 0 Å². The average Bonchev–Trinajstić information content (AvgIpc) is 2.56. The molecule has 0 aromatic heterocycles. The first-order valence-corrected chi connectivity index (χ1v) is 8.57. The summed E-state index contributed by atoms with van der Waals surface area (Å²) >= 11 is 1.68. The number of ether oxygens (including phenoxy) is 1. The second kappa shape index (κ2) is 8.83. The molecular formula is C18H23NO2S. The fraction of sp³-hybridized carbons (Fsp3) is 0.333. The van der Waals surface area contributed by atoms with Crippen molar-refractivity contribution in [2.45, 2.75) is 18.0 Å². The van der Waals surface area contributed by atoms with E-state index in [0.717, 1.165) is 23.7 Å². The largest absolute Gasteiger partial charge is 0.496 e. The summed E-state index contributed by atoms with van der Waals surface area (Å²) in [4.78, 5) is 3.38. The highest BCUT2D eigenvalue weighted by Gasteiger charge is 2.09. The molecule has 3 nitrogen and oxygen atoms in total. The lowest BCUT2D eigenvalue weighted by Gasteiger charge is -2.22. The number of thioether (sulfide) groups is 1. The molecule has 0 heterocycles. The van der Waals surface area contributed by atoms with Crippen molar-refractivity contribution in [3.8, 4) is 5.75 Å². The van der Waals surface area contributed by atoms with Gasteiger partial charge in [-0.15, -0.1) is 11.8 Å². The van der Waals surface area contributed by atoms with Crippen LogP contribution in [0, 0.1) is 0 Å². The van der Waals surface area contributed by atoms with Gasteiger partial charge >= 0.3 is 0 Å². The third-order valence-corrected chi connectivity index (χ3v) is 4.30. The lowest BCUT2D eigenvalue weighted by atomic mass is 10.1. The summed E-state index contributed by atoms with van der Waals surface area (Å²) in [6.45, 7) is 2.43. The molecule has 22 heavy (non-hydrogen) atoms. The Morgan fingerprint density at radius 1 is 1.05 bits per heavy atom. The van der Waals surface area contributed by atoms with Crippen LogP contribution in [0.25, 0.3) is 0 Å². The second-order valence-electron chi connectivity index (χ2n) is 5.11. The van der Waals surface area contributed by atoms with E-state index in [1.54, 1.807) is 18.9 Å². The second-order valence-corrected chi connectivity index (χ2v) is 5.96. The lowest BCUT2D eigenvalue weighted by Crippen LogP contribution is -2.26. The van der Waals surface area contributed by atoms with E-state index in [0.29, 0.717) is 6.54 Å². The Bertz CT molecular complexity index is 575. The van der Waals surface area contributed by atoms with Crippen LogP contribution in [-0.2, 0) is 13.1 Å². The molecule has 0 unspecified atom stereocenters. The summed E-state index contributed by atoms with van der Waals surface area (Å²) < 4.78 is 5.45. The molecule has 2 rings (SSSR count). The Morgan fingerprint density at radius 3 is 2.41 bits per heavy atom. The Hall–Kier alpha value is -1.49. The van der Waals surface area contributed by atoms with Gasteiger partial charge in [-0.3, -0.25) is 4.90 Å². The Labute approximate surface area is 136 Å². The minimum atomic E-state index is 0.160. The van der Waals surface area contributed by atoms with Crippen molar-refractivity contribution in [2.24, 2.45) is 0 Å². The molecule has 1 N–H and O–H groups in total. The molecule has 0 saturated heterocycles. The minimum absolute atomic E-state index is 0.160. The number of benzene rings is 2. The summed E-state index contributed by atoms with van der Waals surface area (Å²) in [5, 5.41) is 9.31. The molecule has 2 aromatic rings. The van der Waals surface area contributed by atoms with Gasteiger partial charge in [-0.1, -0.05) is 36.4 Å². The molecule has 0 fully saturated rings. The highest BCUT2D eigenvalue weighted by atomic mass is 32.2. The summed E-state index contributed by atoms with van der Waals surface area (Å²) in [5.74, 6) is 0.911. The van der Waals surface area contributed by atoms with Gasteiger partial charge < -0.3 is 9.84 Å². The van der Waals surface area contributed by atoms with E-state index in [9.17, 15) is 5.11 Å². The zero-order chi connectivity index (χ0) is 15.8. The van der Waals surface area contributed by atoms with Gasteiger partial charge in [0.1, 0.15) is 5.75 Å². The van der Waals surface area contributed by atoms with Crippen molar-refractivity contribution < 1.29 is 9.84 Å². The first-order valence-electron chi connectivity index (χ1n) is 7.35. The van der Waals surface area contributed by atoms with Crippen LogP contribution < -0.4 is 4.74 Å². The molecule has 0 aliphatic rings. The molecule has 0 amide bonds. The smallest absolute Gasteiger partial charge is 0.132 e. The van der Waals surface area contributed by atoms with Gasteiger partial charge in [0.15, 0.2) is 0 Å². The minimum Gasteiger partial charge on any atom is -0.496 e. The Balaban J connectivity index is 2.10. The van der Waals surface area contributed by atoms with E-state index in [2.05, 4.69) is 35.2 Å². The van der Waals surface area contributed by atoms with Gasteiger partial charge in [0.05, 0.1) is 13.7 Å². The summed E-state index contributed by atoms with van der Waals surface area (Å²) in [6.07, 6.45) is 2.05. The number of hydrogen-bond acceptors (Lipinski definition) is 4. The fourth-order valence-corrected chi connectivity index (χ4v) is 2.98. The quantitative estimate of drug-likeness (QED) is 0.756. The molecule has 0 saturated carbocycles. The standard InChI is InChI=1S/C18H23NO2S/c1-21-17-12-16(8-9-18(17)22-2)14-19(10-11-20)13-15-6-4-3-5-7-15/h3-9,12,20H,10-11,13-14H2,1-2H3. The molecule has 2 aromatic carbocycles. The Morgan fingerprint density at radius 2 is 1.77 bits per heavy atom. The number of aliphatic hydroxyl groups is 1. The molecule has 0 radical (unpaired) electrons. The predicted molar refractivity (Wildman–Crippen MR) is 92.4 cm³/mol.